The number of amides is 1. The summed E-state index contributed by atoms with van der Waals surface area (Å²) < 4.78 is 66.1. The molecule has 7 nitrogen and oxygen atoms in total. The number of hydrogen-bond donors (Lipinski definition) is 1. The molecule has 1 saturated carbocycles. The number of hydrogen-bond acceptors (Lipinski definition) is 6. The first-order valence-corrected chi connectivity index (χ1v) is 19.0. The van der Waals surface area contributed by atoms with Gasteiger partial charge in [-0.25, -0.2) is 13.4 Å². The molecule has 3 aromatic carbocycles. The summed E-state index contributed by atoms with van der Waals surface area (Å²) in [6.07, 6.45) is 3.81. The first-order valence-electron chi connectivity index (χ1n) is 17.1. The molecule has 0 radical (unpaired) electrons. The summed E-state index contributed by atoms with van der Waals surface area (Å²) in [5.41, 5.74) is 1.82. The molecule has 4 aromatic rings. The predicted octanol–water partition coefficient (Wildman–Crippen LogP) is 7.19. The van der Waals surface area contributed by atoms with Crippen molar-refractivity contribution in [1.29, 1.82) is 0 Å². The van der Waals surface area contributed by atoms with E-state index >= 15 is 0 Å². The Morgan fingerprint density at radius 3 is 2.20 bits per heavy atom. The smallest absolute Gasteiger partial charge is 0.342 e. The van der Waals surface area contributed by atoms with Crippen LogP contribution in [0.3, 0.4) is 0 Å². The highest BCUT2D eigenvalue weighted by Crippen LogP contribution is 2.46. The van der Waals surface area contributed by atoms with Gasteiger partial charge in [0, 0.05) is 35.4 Å². The van der Waals surface area contributed by atoms with E-state index in [1.165, 1.54) is 43.5 Å². The number of alkyl halides is 3. The van der Waals surface area contributed by atoms with Crippen LogP contribution in [0.15, 0.2) is 77.7 Å². The Bertz CT molecular complexity index is 1950. The molecule has 1 N–H and O–H groups in total. The van der Waals surface area contributed by atoms with Crippen molar-refractivity contribution in [1.82, 2.24) is 20.1 Å². The summed E-state index contributed by atoms with van der Waals surface area (Å²) in [6, 6.07) is 19.7. The van der Waals surface area contributed by atoms with Gasteiger partial charge in [-0.05, 0) is 101 Å². The minimum Gasteiger partial charge on any atom is -0.342 e. The van der Waals surface area contributed by atoms with Crippen LogP contribution in [0.25, 0.3) is 22.2 Å². The molecule has 258 valence electrons. The van der Waals surface area contributed by atoms with Gasteiger partial charge in [-0.3, -0.25) is 9.69 Å². The number of halogens is 3. The summed E-state index contributed by atoms with van der Waals surface area (Å²) in [5.74, 6) is -0.356. The number of nitrogens with zero attached hydrogens (tertiary/aromatic N) is 3. The second kappa shape index (κ2) is 13.2. The minimum absolute atomic E-state index is 0.0654. The number of carbonyl (C=O) groups excluding carboxylic acids is 1. The van der Waals surface area contributed by atoms with Crippen LogP contribution in [0.5, 0.6) is 0 Å². The van der Waals surface area contributed by atoms with Gasteiger partial charge < -0.3 is 10.2 Å². The maximum atomic E-state index is 14.7. The number of carbonyl (C=O) groups is 1. The topological polar surface area (TPSA) is 82.6 Å². The highest BCUT2D eigenvalue weighted by Gasteiger charge is 2.46. The molecule has 7 rings (SSSR count). The molecule has 2 saturated heterocycles. The fourth-order valence-corrected chi connectivity index (χ4v) is 8.23. The molecule has 3 fully saturated rings. The zero-order valence-corrected chi connectivity index (χ0v) is 28.4. The maximum absolute atomic E-state index is 14.7. The summed E-state index contributed by atoms with van der Waals surface area (Å²) in [5, 5.41) is 3.70. The maximum Gasteiger partial charge on any atom is 0.416 e. The number of likely N-dealkylation sites (tertiary alicyclic amines) is 2. The number of nitrogens with one attached hydrogen (secondary N) is 1. The minimum atomic E-state index is -4.50. The van der Waals surface area contributed by atoms with Crippen molar-refractivity contribution in [2.24, 2.45) is 0 Å². The van der Waals surface area contributed by atoms with Crippen LogP contribution < -0.4 is 5.32 Å². The highest BCUT2D eigenvalue weighted by molar-refractivity contribution is 7.90. The number of benzene rings is 3. The fourth-order valence-electron chi connectivity index (χ4n) is 7.58. The molecule has 0 spiro atoms. The van der Waals surface area contributed by atoms with Crippen LogP contribution >= 0.6 is 0 Å². The summed E-state index contributed by atoms with van der Waals surface area (Å²) in [6.45, 7) is 4.17. The van der Waals surface area contributed by atoms with Crippen molar-refractivity contribution in [2.45, 2.75) is 74.1 Å². The number of fused-ring (bicyclic) bond motifs is 1. The van der Waals surface area contributed by atoms with Gasteiger partial charge in [-0.15, -0.1) is 0 Å². The lowest BCUT2D eigenvalue weighted by Gasteiger charge is -2.40. The SMILES string of the molecule is CS(=O)(=O)c1ccc2nc(-c3ccc(C(F)(F)F)cc3)c(CN3CCC(N4CCCCC4)CC3)c(C(=O)NC3(c4ccccc4)CC3)c2c1. The van der Waals surface area contributed by atoms with Crippen molar-refractivity contribution in [3.63, 3.8) is 0 Å². The van der Waals surface area contributed by atoms with Crippen LogP contribution in [0.2, 0.25) is 0 Å². The third kappa shape index (κ3) is 7.11. The Kier molecular flexibility index (Phi) is 9.04. The van der Waals surface area contributed by atoms with E-state index in [-0.39, 0.29) is 10.8 Å². The van der Waals surface area contributed by atoms with Crippen LogP contribution in [0.4, 0.5) is 13.2 Å². The van der Waals surface area contributed by atoms with Crippen LogP contribution in [-0.2, 0) is 28.1 Å². The van der Waals surface area contributed by atoms with E-state index in [4.69, 9.17) is 4.98 Å². The van der Waals surface area contributed by atoms with Crippen molar-refractivity contribution in [2.75, 3.05) is 32.4 Å². The monoisotopic (exact) mass is 690 g/mol. The lowest BCUT2D eigenvalue weighted by atomic mass is 9.93. The van der Waals surface area contributed by atoms with E-state index in [1.807, 2.05) is 30.3 Å². The van der Waals surface area contributed by atoms with Crippen LogP contribution in [0, 0.1) is 0 Å². The van der Waals surface area contributed by atoms with Crippen molar-refractivity contribution < 1.29 is 26.4 Å². The first-order chi connectivity index (χ1) is 23.4. The number of pyridine rings is 1. The van der Waals surface area contributed by atoms with E-state index in [2.05, 4.69) is 15.1 Å². The van der Waals surface area contributed by atoms with Gasteiger partial charge >= 0.3 is 6.18 Å². The third-order valence-corrected chi connectivity index (χ3v) is 11.6. The summed E-state index contributed by atoms with van der Waals surface area (Å²) in [7, 11) is -3.62. The Hall–Kier alpha value is -3.80. The van der Waals surface area contributed by atoms with Gasteiger partial charge in [-0.1, -0.05) is 48.9 Å². The summed E-state index contributed by atoms with van der Waals surface area (Å²) in [4.78, 5) is 24.6. The Morgan fingerprint density at radius 2 is 1.59 bits per heavy atom. The molecule has 1 aromatic heterocycles. The number of aromatic nitrogens is 1. The zero-order chi connectivity index (χ0) is 34.4. The van der Waals surface area contributed by atoms with Gasteiger partial charge in [0.15, 0.2) is 9.84 Å². The van der Waals surface area contributed by atoms with Gasteiger partial charge in [0.25, 0.3) is 5.91 Å². The molecule has 11 heteroatoms. The largest absolute Gasteiger partial charge is 0.416 e. The Labute approximate surface area is 285 Å². The van der Waals surface area contributed by atoms with Crippen LogP contribution in [0.1, 0.15) is 72.0 Å². The Morgan fingerprint density at radius 1 is 0.918 bits per heavy atom. The van der Waals surface area contributed by atoms with E-state index in [0.717, 1.165) is 75.8 Å². The average molecular weight is 691 g/mol. The molecule has 3 aliphatic rings. The first kappa shape index (κ1) is 33.7. The lowest BCUT2D eigenvalue weighted by molar-refractivity contribution is -0.137. The number of piperidine rings is 2. The van der Waals surface area contributed by atoms with E-state index in [0.29, 0.717) is 45.9 Å². The average Bonchev–Trinajstić information content (AvgIpc) is 3.88. The number of sulfone groups is 1. The van der Waals surface area contributed by atoms with E-state index in [9.17, 15) is 26.4 Å². The molecule has 0 atom stereocenters. The van der Waals surface area contributed by atoms with Crippen molar-refractivity contribution >= 4 is 26.6 Å². The van der Waals surface area contributed by atoms with Gasteiger partial charge in [0.05, 0.1) is 32.8 Å². The second-order valence-corrected chi connectivity index (χ2v) is 15.9. The number of rotatable bonds is 8. The molecule has 49 heavy (non-hydrogen) atoms. The molecule has 1 amide bonds. The summed E-state index contributed by atoms with van der Waals surface area (Å²) >= 11 is 0. The molecule has 0 unspecified atom stereocenters. The van der Waals surface area contributed by atoms with Crippen molar-refractivity contribution in [3.05, 3.63) is 95.1 Å². The molecule has 3 heterocycles. The zero-order valence-electron chi connectivity index (χ0n) is 27.6. The van der Waals surface area contributed by atoms with Crippen LogP contribution in [-0.4, -0.2) is 67.6 Å². The predicted molar refractivity (Wildman–Crippen MR) is 184 cm³/mol. The van der Waals surface area contributed by atoms with Gasteiger partial charge in [-0.2, -0.15) is 13.2 Å². The third-order valence-electron chi connectivity index (χ3n) is 10.5. The van der Waals surface area contributed by atoms with Gasteiger partial charge in [0.2, 0.25) is 0 Å². The van der Waals surface area contributed by atoms with E-state index in [1.54, 1.807) is 6.07 Å². The Balaban J connectivity index is 1.34. The highest BCUT2D eigenvalue weighted by atomic mass is 32.2. The molecule has 1 aliphatic carbocycles. The van der Waals surface area contributed by atoms with Gasteiger partial charge in [0.1, 0.15) is 0 Å². The quantitative estimate of drug-likeness (QED) is 0.211. The second-order valence-electron chi connectivity index (χ2n) is 13.8. The molecular formula is C38H41F3N4O3S. The molecular weight excluding hydrogens is 650 g/mol. The van der Waals surface area contributed by atoms with Crippen molar-refractivity contribution in [3.8, 4) is 11.3 Å². The van der Waals surface area contributed by atoms with E-state index < -0.39 is 27.1 Å². The molecule has 2 aliphatic heterocycles. The standard InChI is InChI=1S/C38H41F3N4O3S/c1-49(47,48)30-14-15-33-31(24-30)34(36(46)43-37(18-19-37)27-8-4-2-5-9-27)32(35(42-33)26-10-12-28(13-11-26)38(39,40)41)25-44-22-16-29(17-23-44)45-20-6-3-7-21-45/h2,4-5,8-15,24,29H,3,6-7,16-23,25H2,1H3,(H,43,46). The fraction of sp³-hybridized carbons (Fsp3) is 0.421. The normalized spacial score (nSPS) is 19.2. The lowest BCUT2D eigenvalue weighted by Crippen LogP contribution is -2.46. The molecule has 0 bridgehead atoms.